The van der Waals surface area contributed by atoms with Gasteiger partial charge in [0.05, 0.1) is 10.6 Å². The number of rotatable bonds is 4. The number of imide groups is 1. The SMILES string of the molecule is O=C(c1ccccc1[N+](=O)[O-])N1CCC(N2CC(=O)N(c3ccccc3)C2=O)CC1. The monoisotopic (exact) mass is 408 g/mol. The van der Waals surface area contributed by atoms with E-state index in [9.17, 15) is 24.5 Å². The maximum Gasteiger partial charge on any atom is 0.332 e. The lowest BCUT2D eigenvalue weighted by Gasteiger charge is -2.36. The number of piperidine rings is 1. The number of nitrogens with zero attached hydrogens (tertiary/aromatic N) is 4. The first-order valence-corrected chi connectivity index (χ1v) is 9.68. The van der Waals surface area contributed by atoms with Crippen molar-refractivity contribution in [2.24, 2.45) is 0 Å². The van der Waals surface area contributed by atoms with Crippen molar-refractivity contribution in [3.05, 3.63) is 70.3 Å². The quantitative estimate of drug-likeness (QED) is 0.439. The second-order valence-corrected chi connectivity index (χ2v) is 7.27. The third-order valence-electron chi connectivity index (χ3n) is 5.53. The summed E-state index contributed by atoms with van der Waals surface area (Å²) in [7, 11) is 0. The number of likely N-dealkylation sites (tertiary alicyclic amines) is 1. The van der Waals surface area contributed by atoms with Crippen molar-refractivity contribution in [3.63, 3.8) is 0 Å². The topological polar surface area (TPSA) is 104 Å². The normalized spacial score (nSPS) is 17.5. The van der Waals surface area contributed by atoms with Crippen LogP contribution in [0.1, 0.15) is 23.2 Å². The van der Waals surface area contributed by atoms with E-state index in [2.05, 4.69) is 0 Å². The summed E-state index contributed by atoms with van der Waals surface area (Å²) in [5.41, 5.74) is 0.381. The molecule has 154 valence electrons. The van der Waals surface area contributed by atoms with Gasteiger partial charge in [0.2, 0.25) is 0 Å². The van der Waals surface area contributed by atoms with Crippen molar-refractivity contribution in [2.75, 3.05) is 24.5 Å². The Labute approximate surface area is 172 Å². The average molecular weight is 408 g/mol. The lowest BCUT2D eigenvalue weighted by atomic mass is 10.0. The highest BCUT2D eigenvalue weighted by atomic mass is 16.6. The fourth-order valence-corrected chi connectivity index (χ4v) is 4.00. The molecule has 0 radical (unpaired) electrons. The van der Waals surface area contributed by atoms with Gasteiger partial charge in [-0.25, -0.2) is 9.69 Å². The molecular formula is C21H20N4O5. The maximum absolute atomic E-state index is 12.8. The second kappa shape index (κ2) is 7.94. The van der Waals surface area contributed by atoms with Crippen molar-refractivity contribution in [1.29, 1.82) is 0 Å². The number of anilines is 1. The van der Waals surface area contributed by atoms with Gasteiger partial charge in [-0.2, -0.15) is 0 Å². The standard InChI is InChI=1S/C21H20N4O5/c26-19-14-23(21(28)24(19)16-6-2-1-3-7-16)15-10-12-22(13-11-15)20(27)17-8-4-5-9-18(17)25(29)30/h1-9,15H,10-14H2. The smallest absolute Gasteiger partial charge is 0.332 e. The van der Waals surface area contributed by atoms with Gasteiger partial charge in [-0.1, -0.05) is 30.3 Å². The maximum atomic E-state index is 12.8. The summed E-state index contributed by atoms with van der Waals surface area (Å²) in [5.74, 6) is -0.667. The molecule has 4 rings (SSSR count). The lowest BCUT2D eigenvalue weighted by Crippen LogP contribution is -2.48. The van der Waals surface area contributed by atoms with E-state index >= 15 is 0 Å². The number of nitro groups is 1. The van der Waals surface area contributed by atoms with Crippen LogP contribution in [-0.4, -0.2) is 58.2 Å². The molecule has 0 atom stereocenters. The first-order chi connectivity index (χ1) is 14.5. The Morgan fingerprint density at radius 2 is 1.60 bits per heavy atom. The molecule has 0 spiro atoms. The molecule has 2 aliphatic heterocycles. The summed E-state index contributed by atoms with van der Waals surface area (Å²) in [6, 6.07) is 14.2. The van der Waals surface area contributed by atoms with Crippen LogP contribution in [0.3, 0.4) is 0 Å². The zero-order valence-electron chi connectivity index (χ0n) is 16.1. The molecule has 2 heterocycles. The van der Waals surface area contributed by atoms with Crippen molar-refractivity contribution in [1.82, 2.24) is 9.80 Å². The second-order valence-electron chi connectivity index (χ2n) is 7.27. The molecule has 0 N–H and O–H groups in total. The molecule has 0 aliphatic carbocycles. The number of urea groups is 1. The van der Waals surface area contributed by atoms with Crippen molar-refractivity contribution < 1.29 is 19.3 Å². The van der Waals surface area contributed by atoms with Crippen molar-refractivity contribution in [2.45, 2.75) is 18.9 Å². The minimum atomic E-state index is -0.563. The van der Waals surface area contributed by atoms with E-state index in [1.807, 2.05) is 6.07 Å². The number of carbonyl (C=O) groups is 3. The Morgan fingerprint density at radius 1 is 0.967 bits per heavy atom. The summed E-state index contributed by atoms with van der Waals surface area (Å²) in [4.78, 5) is 53.0. The highest BCUT2D eigenvalue weighted by Gasteiger charge is 2.42. The van der Waals surface area contributed by atoms with Crippen LogP contribution in [-0.2, 0) is 4.79 Å². The number of nitro benzene ring substituents is 1. The van der Waals surface area contributed by atoms with Gasteiger partial charge in [0.15, 0.2) is 0 Å². The molecule has 9 heteroatoms. The molecule has 0 saturated carbocycles. The molecule has 30 heavy (non-hydrogen) atoms. The Bertz CT molecular complexity index is 1000. The minimum absolute atomic E-state index is 0.0104. The van der Waals surface area contributed by atoms with Crippen LogP contribution < -0.4 is 4.90 Å². The number of para-hydroxylation sites is 2. The highest BCUT2D eigenvalue weighted by molar-refractivity contribution is 6.19. The molecule has 2 saturated heterocycles. The van der Waals surface area contributed by atoms with Crippen LogP contribution >= 0.6 is 0 Å². The van der Waals surface area contributed by atoms with Crippen LogP contribution in [0.15, 0.2) is 54.6 Å². The van der Waals surface area contributed by atoms with Crippen LogP contribution in [0.5, 0.6) is 0 Å². The minimum Gasteiger partial charge on any atom is -0.338 e. The Kier molecular flexibility index (Phi) is 5.18. The number of amides is 4. The van der Waals surface area contributed by atoms with Gasteiger partial charge in [0, 0.05) is 25.2 Å². The summed E-state index contributed by atoms with van der Waals surface area (Å²) >= 11 is 0. The summed E-state index contributed by atoms with van der Waals surface area (Å²) in [6.07, 6.45) is 1.02. The highest BCUT2D eigenvalue weighted by Crippen LogP contribution is 2.27. The Morgan fingerprint density at radius 3 is 2.27 bits per heavy atom. The molecule has 2 aromatic carbocycles. The van der Waals surface area contributed by atoms with Crippen LogP contribution in [0.2, 0.25) is 0 Å². The fourth-order valence-electron chi connectivity index (χ4n) is 4.00. The average Bonchev–Trinajstić information content (AvgIpc) is 3.07. The molecule has 0 bridgehead atoms. The molecule has 9 nitrogen and oxygen atoms in total. The molecule has 2 fully saturated rings. The van der Waals surface area contributed by atoms with Crippen molar-refractivity contribution >= 4 is 29.2 Å². The largest absolute Gasteiger partial charge is 0.338 e. The van der Waals surface area contributed by atoms with Gasteiger partial charge in [-0.05, 0) is 31.0 Å². The van der Waals surface area contributed by atoms with Crippen LogP contribution in [0, 0.1) is 10.1 Å². The first-order valence-electron chi connectivity index (χ1n) is 9.68. The van der Waals surface area contributed by atoms with Crippen LogP contribution in [0.25, 0.3) is 0 Å². The Hall–Kier alpha value is -3.75. The van der Waals surface area contributed by atoms with E-state index in [1.165, 1.54) is 23.1 Å². The molecule has 2 aliphatic rings. The first kappa shape index (κ1) is 19.6. The van der Waals surface area contributed by atoms with E-state index in [4.69, 9.17) is 0 Å². The van der Waals surface area contributed by atoms with E-state index in [0.717, 1.165) is 0 Å². The van der Waals surface area contributed by atoms with Gasteiger partial charge in [-0.3, -0.25) is 19.7 Å². The Balaban J connectivity index is 1.43. The van der Waals surface area contributed by atoms with Crippen LogP contribution in [0.4, 0.5) is 16.2 Å². The lowest BCUT2D eigenvalue weighted by molar-refractivity contribution is -0.385. The van der Waals surface area contributed by atoms with Crippen molar-refractivity contribution in [3.8, 4) is 0 Å². The number of hydrogen-bond acceptors (Lipinski definition) is 5. The van der Waals surface area contributed by atoms with E-state index in [0.29, 0.717) is 31.6 Å². The summed E-state index contributed by atoms with van der Waals surface area (Å²) < 4.78 is 0. The van der Waals surface area contributed by atoms with E-state index < -0.39 is 10.8 Å². The molecule has 0 aromatic heterocycles. The van der Waals surface area contributed by atoms with Gasteiger partial charge in [0.25, 0.3) is 17.5 Å². The predicted molar refractivity (Wildman–Crippen MR) is 108 cm³/mol. The van der Waals surface area contributed by atoms with Gasteiger partial charge in [-0.15, -0.1) is 0 Å². The van der Waals surface area contributed by atoms with Gasteiger partial charge in [0.1, 0.15) is 12.1 Å². The van der Waals surface area contributed by atoms with Gasteiger partial charge < -0.3 is 9.80 Å². The zero-order valence-corrected chi connectivity index (χ0v) is 16.1. The molecular weight excluding hydrogens is 388 g/mol. The molecule has 0 unspecified atom stereocenters. The molecule has 2 aromatic rings. The fraction of sp³-hybridized carbons (Fsp3) is 0.286. The van der Waals surface area contributed by atoms with E-state index in [-0.39, 0.29) is 35.8 Å². The summed E-state index contributed by atoms with van der Waals surface area (Å²) in [5, 5.41) is 11.2. The number of carbonyl (C=O) groups excluding carboxylic acids is 3. The number of benzene rings is 2. The molecule has 4 amide bonds. The third-order valence-corrected chi connectivity index (χ3v) is 5.53. The van der Waals surface area contributed by atoms with E-state index in [1.54, 1.807) is 40.1 Å². The third kappa shape index (κ3) is 3.49. The number of hydrogen-bond donors (Lipinski definition) is 0. The predicted octanol–water partition coefficient (Wildman–Crippen LogP) is 2.67. The van der Waals surface area contributed by atoms with Gasteiger partial charge >= 0.3 is 6.03 Å². The summed E-state index contributed by atoms with van der Waals surface area (Å²) in [6.45, 7) is 0.730. The zero-order chi connectivity index (χ0) is 21.3.